The van der Waals surface area contributed by atoms with Crippen molar-refractivity contribution in [2.75, 3.05) is 13.2 Å². The molecule has 0 unspecified atom stereocenters. The standard InChI is InChI=1S/C37H52N2O4S/c1-22(2)23(3)33(4)15-16-35(6)24-10-11-29-34(5)20-43-21-37(29,25(24)12-14-36(35,7)30(33)32(41)42)19-27(31(34)40)39-26(13-17-38-39)28-9-8-18-44-28/h8-9,12-13,17-18,22-24,27,29-31,40H,10-11,14-16,19-21H2,1-7H3,(H,41,42)/t23-,24+,27-,29+,30-,31+,33-,34+,35-,36+,37+/m1/s1. The number of aromatic nitrogens is 2. The quantitative estimate of drug-likeness (QED) is 0.330. The van der Waals surface area contributed by atoms with Crippen LogP contribution in [0.3, 0.4) is 0 Å². The third-order valence-corrected chi connectivity index (χ3v) is 15.8. The van der Waals surface area contributed by atoms with Crippen molar-refractivity contribution >= 4 is 17.3 Å². The summed E-state index contributed by atoms with van der Waals surface area (Å²) in [7, 11) is 0. The molecule has 0 radical (unpaired) electrons. The van der Waals surface area contributed by atoms with Crippen molar-refractivity contribution in [1.29, 1.82) is 0 Å². The zero-order chi connectivity index (χ0) is 31.4. The zero-order valence-electron chi connectivity index (χ0n) is 27.7. The molecule has 2 N–H and O–H groups in total. The Bertz CT molecular complexity index is 1470. The molecule has 4 fully saturated rings. The van der Waals surface area contributed by atoms with E-state index >= 15 is 0 Å². The van der Waals surface area contributed by atoms with Crippen LogP contribution in [0.1, 0.15) is 93.0 Å². The molecule has 3 heterocycles. The number of hydrogen-bond acceptors (Lipinski definition) is 5. The van der Waals surface area contributed by atoms with E-state index in [2.05, 4.69) is 82.8 Å². The Hall–Kier alpha value is -1.96. The summed E-state index contributed by atoms with van der Waals surface area (Å²) in [6.45, 7) is 17.3. The molecule has 2 aromatic heterocycles. The highest BCUT2D eigenvalue weighted by molar-refractivity contribution is 7.13. The summed E-state index contributed by atoms with van der Waals surface area (Å²) in [4.78, 5) is 14.5. The van der Waals surface area contributed by atoms with E-state index < -0.39 is 18.0 Å². The van der Waals surface area contributed by atoms with Crippen LogP contribution in [0.2, 0.25) is 0 Å². The molecule has 0 spiro atoms. The van der Waals surface area contributed by atoms with Crippen molar-refractivity contribution in [3.63, 3.8) is 0 Å². The average Bonchev–Trinajstić information content (AvgIpc) is 3.67. The van der Waals surface area contributed by atoms with Gasteiger partial charge in [-0.2, -0.15) is 5.10 Å². The first-order chi connectivity index (χ1) is 20.7. The number of hydrogen-bond donors (Lipinski definition) is 2. The summed E-state index contributed by atoms with van der Waals surface area (Å²) in [5.41, 5.74) is 1.30. The molecule has 7 rings (SSSR count). The second kappa shape index (κ2) is 10.0. The van der Waals surface area contributed by atoms with Crippen LogP contribution in [-0.2, 0) is 9.53 Å². The molecule has 44 heavy (non-hydrogen) atoms. The zero-order valence-corrected chi connectivity index (χ0v) is 28.5. The van der Waals surface area contributed by atoms with Gasteiger partial charge in [-0.25, -0.2) is 0 Å². The van der Waals surface area contributed by atoms with E-state index in [9.17, 15) is 15.0 Å². The number of fused-ring (bicyclic) bond motifs is 3. The molecule has 1 aliphatic heterocycles. The minimum atomic E-state index is -0.619. The van der Waals surface area contributed by atoms with Gasteiger partial charge in [0.25, 0.3) is 0 Å². The summed E-state index contributed by atoms with van der Waals surface area (Å²) in [6, 6.07) is 6.14. The lowest BCUT2D eigenvalue weighted by atomic mass is 9.34. The van der Waals surface area contributed by atoms with Gasteiger partial charge in [-0.3, -0.25) is 9.48 Å². The predicted molar refractivity (Wildman–Crippen MR) is 174 cm³/mol. The number of aliphatic carboxylic acids is 1. The highest BCUT2D eigenvalue weighted by Gasteiger charge is 2.71. The lowest BCUT2D eigenvalue weighted by molar-refractivity contribution is -0.240. The molecular weight excluding hydrogens is 568 g/mol. The molecule has 7 heteroatoms. The van der Waals surface area contributed by atoms with Gasteiger partial charge in [0.1, 0.15) is 0 Å². The van der Waals surface area contributed by atoms with Crippen molar-refractivity contribution in [2.24, 2.45) is 56.7 Å². The first-order valence-electron chi connectivity index (χ1n) is 17.0. The Morgan fingerprint density at radius 3 is 2.55 bits per heavy atom. The van der Waals surface area contributed by atoms with Crippen LogP contribution in [0.15, 0.2) is 41.4 Å². The highest BCUT2D eigenvalue weighted by atomic mass is 32.1. The third kappa shape index (κ3) is 3.78. The van der Waals surface area contributed by atoms with Gasteiger partial charge in [0, 0.05) is 17.0 Å². The Labute approximate surface area is 267 Å². The first-order valence-corrected chi connectivity index (χ1v) is 17.9. The Balaban J connectivity index is 1.34. The van der Waals surface area contributed by atoms with Crippen molar-refractivity contribution in [1.82, 2.24) is 9.78 Å². The van der Waals surface area contributed by atoms with Crippen LogP contribution in [0.4, 0.5) is 0 Å². The van der Waals surface area contributed by atoms with E-state index in [1.165, 1.54) is 10.5 Å². The van der Waals surface area contributed by atoms with Gasteiger partial charge < -0.3 is 14.9 Å². The minimum Gasteiger partial charge on any atom is -0.481 e. The maximum Gasteiger partial charge on any atom is 0.307 e. The Morgan fingerprint density at radius 2 is 1.86 bits per heavy atom. The number of carboxylic acids is 1. The van der Waals surface area contributed by atoms with Crippen LogP contribution in [0.25, 0.3) is 10.6 Å². The molecule has 0 amide bonds. The lowest BCUT2D eigenvalue weighted by Gasteiger charge is -2.71. The summed E-state index contributed by atoms with van der Waals surface area (Å²) < 4.78 is 8.62. The number of nitrogens with zero attached hydrogens (tertiary/aromatic N) is 2. The topological polar surface area (TPSA) is 84.6 Å². The van der Waals surface area contributed by atoms with Gasteiger partial charge >= 0.3 is 5.97 Å². The molecule has 3 saturated carbocycles. The molecule has 1 saturated heterocycles. The fourth-order valence-corrected chi connectivity index (χ4v) is 12.8. The number of carboxylic acid groups (broad SMARTS) is 1. The Morgan fingerprint density at radius 1 is 1.09 bits per heavy atom. The van der Waals surface area contributed by atoms with Crippen molar-refractivity contribution in [3.8, 4) is 10.6 Å². The number of rotatable bonds is 5. The van der Waals surface area contributed by atoms with Gasteiger partial charge in [0.15, 0.2) is 0 Å². The molecule has 0 aromatic carbocycles. The fourth-order valence-electron chi connectivity index (χ4n) is 12.0. The van der Waals surface area contributed by atoms with E-state index in [0.29, 0.717) is 36.9 Å². The monoisotopic (exact) mass is 620 g/mol. The summed E-state index contributed by atoms with van der Waals surface area (Å²) in [5, 5.41) is 30.1. The highest BCUT2D eigenvalue weighted by Crippen LogP contribution is 2.75. The molecule has 4 aliphatic carbocycles. The van der Waals surface area contributed by atoms with Gasteiger partial charge in [-0.05, 0) is 96.0 Å². The smallest absolute Gasteiger partial charge is 0.307 e. The number of allylic oxidation sites excluding steroid dienone is 1. The summed E-state index contributed by atoms with van der Waals surface area (Å²) >= 11 is 1.71. The average molecular weight is 621 g/mol. The van der Waals surface area contributed by atoms with Crippen LogP contribution >= 0.6 is 11.3 Å². The van der Waals surface area contributed by atoms with Crippen LogP contribution < -0.4 is 0 Å². The maximum absolute atomic E-state index is 13.4. The molecule has 5 aliphatic rings. The van der Waals surface area contributed by atoms with E-state index in [4.69, 9.17) is 9.84 Å². The van der Waals surface area contributed by atoms with Crippen LogP contribution in [-0.4, -0.2) is 45.3 Å². The van der Waals surface area contributed by atoms with Crippen molar-refractivity contribution in [2.45, 2.75) is 99.1 Å². The number of carbonyl (C=O) groups is 1. The normalized spacial score (nSPS) is 45.6. The number of aliphatic hydroxyl groups is 1. The van der Waals surface area contributed by atoms with E-state index in [1.54, 1.807) is 11.3 Å². The van der Waals surface area contributed by atoms with Crippen LogP contribution in [0, 0.1) is 56.7 Å². The lowest BCUT2D eigenvalue weighted by Crippen LogP contribution is -2.68. The molecule has 11 atom stereocenters. The molecule has 240 valence electrons. The van der Waals surface area contributed by atoms with Crippen LogP contribution in [0.5, 0.6) is 0 Å². The number of thiophene rings is 1. The second-order valence-corrected chi connectivity index (χ2v) is 17.6. The van der Waals surface area contributed by atoms with Gasteiger partial charge in [-0.1, -0.05) is 66.2 Å². The molecular formula is C37H52N2O4S. The first kappa shape index (κ1) is 30.7. The fraction of sp³-hybridized carbons (Fsp3) is 0.730. The molecule has 2 aromatic rings. The minimum absolute atomic E-state index is 0.122. The molecule has 2 bridgehead atoms. The SMILES string of the molecule is CC(C)[C@@H](C)[C@@]1(C)CC[C@]2(C)[C@H]3CC[C@@H]4[C@@]5(COC[C@]4(C)[C@@H](O)[C@H](n4nccc4-c4cccs4)C5)C3=CC[C@@]2(C)[C@@H]1C(=O)O. The van der Waals surface area contributed by atoms with Crippen molar-refractivity contribution < 1.29 is 19.7 Å². The van der Waals surface area contributed by atoms with Gasteiger partial charge in [-0.15, -0.1) is 11.3 Å². The van der Waals surface area contributed by atoms with E-state index in [1.807, 2.05) is 6.20 Å². The van der Waals surface area contributed by atoms with Gasteiger partial charge in [0.05, 0.1) is 41.8 Å². The van der Waals surface area contributed by atoms with Gasteiger partial charge in [0.2, 0.25) is 0 Å². The molecule has 6 nitrogen and oxygen atoms in total. The summed E-state index contributed by atoms with van der Waals surface area (Å²) in [6.07, 6.45) is 9.49. The number of aliphatic hydroxyl groups excluding tert-OH is 1. The summed E-state index contributed by atoms with van der Waals surface area (Å²) in [5.74, 6) is 0.384. The second-order valence-electron chi connectivity index (χ2n) is 16.7. The Kier molecular flexibility index (Phi) is 6.99. The maximum atomic E-state index is 13.4. The predicted octanol–water partition coefficient (Wildman–Crippen LogP) is 8.10. The third-order valence-electron chi connectivity index (χ3n) is 14.9. The largest absolute Gasteiger partial charge is 0.481 e. The van der Waals surface area contributed by atoms with E-state index in [-0.39, 0.29) is 33.1 Å². The van der Waals surface area contributed by atoms with Crippen molar-refractivity contribution in [3.05, 3.63) is 41.4 Å². The number of ether oxygens (including phenoxy) is 1. The van der Waals surface area contributed by atoms with E-state index in [0.717, 1.165) is 44.2 Å².